The van der Waals surface area contributed by atoms with Crippen LogP contribution in [-0.2, 0) is 18.4 Å². The molecule has 2 aromatic carbocycles. The number of ether oxygens (including phenoxy) is 1. The molecule has 48 heavy (non-hydrogen) atoms. The summed E-state index contributed by atoms with van der Waals surface area (Å²) >= 11 is 0. The van der Waals surface area contributed by atoms with Gasteiger partial charge in [0.25, 0.3) is 8.32 Å². The van der Waals surface area contributed by atoms with Crippen LogP contribution < -0.4 is 10.4 Å². The van der Waals surface area contributed by atoms with E-state index in [4.69, 9.17) is 13.6 Å². The lowest BCUT2D eigenvalue weighted by molar-refractivity contribution is -0.140. The van der Waals surface area contributed by atoms with Crippen LogP contribution in [0.3, 0.4) is 0 Å². The molecule has 0 saturated carbocycles. The molecule has 5 nitrogen and oxygen atoms in total. The fraction of sp³-hybridized carbons (Fsp3) is 0.625. The van der Waals surface area contributed by atoms with Crippen molar-refractivity contribution in [3.63, 3.8) is 0 Å². The van der Waals surface area contributed by atoms with Gasteiger partial charge in [0.2, 0.25) is 0 Å². The standard InChI is InChI=1S/C40H66O5Si3/c1-11-47(12-2,13-3)44-35(27-32(4)31-46(8,9)10)28-33-21-20-22-34(43-33)29-36(30-39(41)42)45-48(40(5,6)7,37-23-16-14-17-24-37)38-25-18-15-19-26-38/h14-19,23-26,33-36H,4,11-13,20-22,27-31H2,1-3,5-10H3,(H,41,42)/t33-,34+,35+,36-/m1/s1. The van der Waals surface area contributed by atoms with E-state index in [0.717, 1.165) is 66.7 Å². The predicted molar refractivity (Wildman–Crippen MR) is 210 cm³/mol. The van der Waals surface area contributed by atoms with E-state index in [9.17, 15) is 9.90 Å². The molecule has 8 heteroatoms. The van der Waals surface area contributed by atoms with Crippen molar-refractivity contribution in [3.8, 4) is 0 Å². The molecule has 3 rings (SSSR count). The number of hydrogen-bond acceptors (Lipinski definition) is 4. The molecular formula is C40H66O5Si3. The van der Waals surface area contributed by atoms with Gasteiger partial charge >= 0.3 is 5.97 Å². The Morgan fingerprint density at radius 1 is 0.833 bits per heavy atom. The van der Waals surface area contributed by atoms with Gasteiger partial charge < -0.3 is 18.7 Å². The Morgan fingerprint density at radius 3 is 1.69 bits per heavy atom. The van der Waals surface area contributed by atoms with Gasteiger partial charge in [-0.2, -0.15) is 0 Å². The average Bonchev–Trinajstić information content (AvgIpc) is 3.01. The summed E-state index contributed by atoms with van der Waals surface area (Å²) in [4.78, 5) is 12.4. The lowest BCUT2D eigenvalue weighted by atomic mass is 9.95. The van der Waals surface area contributed by atoms with Crippen LogP contribution in [-0.4, -0.2) is 60.2 Å². The highest BCUT2D eigenvalue weighted by atomic mass is 28.4. The number of carboxylic acid groups (broad SMARTS) is 1. The van der Waals surface area contributed by atoms with Crippen LogP contribution in [0, 0.1) is 0 Å². The second-order valence-electron chi connectivity index (χ2n) is 16.5. The quantitative estimate of drug-likeness (QED) is 0.116. The number of carbonyl (C=O) groups is 1. The third-order valence-electron chi connectivity index (χ3n) is 10.3. The molecular weight excluding hydrogens is 645 g/mol. The molecule has 4 atom stereocenters. The largest absolute Gasteiger partial charge is 0.481 e. The molecule has 0 bridgehead atoms. The van der Waals surface area contributed by atoms with Gasteiger partial charge in [-0.3, -0.25) is 4.79 Å². The van der Waals surface area contributed by atoms with Crippen molar-refractivity contribution in [2.75, 3.05) is 0 Å². The minimum Gasteiger partial charge on any atom is -0.481 e. The van der Waals surface area contributed by atoms with Crippen LogP contribution in [0.2, 0.25) is 48.9 Å². The molecule has 1 heterocycles. The van der Waals surface area contributed by atoms with E-state index in [1.807, 2.05) is 12.1 Å². The molecule has 1 saturated heterocycles. The van der Waals surface area contributed by atoms with Crippen LogP contribution in [0.25, 0.3) is 0 Å². The Bertz CT molecular complexity index is 1220. The lowest BCUT2D eigenvalue weighted by Crippen LogP contribution is -2.68. The normalized spacial score (nSPS) is 19.1. The van der Waals surface area contributed by atoms with Crippen molar-refractivity contribution in [3.05, 3.63) is 72.8 Å². The van der Waals surface area contributed by atoms with Crippen LogP contribution in [0.4, 0.5) is 0 Å². The molecule has 268 valence electrons. The molecule has 1 aliphatic heterocycles. The second-order valence-corrected chi connectivity index (χ2v) is 30.9. The first-order valence-electron chi connectivity index (χ1n) is 18.6. The molecule has 1 aliphatic rings. The third-order valence-corrected chi connectivity index (χ3v) is 21.6. The highest BCUT2D eigenvalue weighted by Gasteiger charge is 2.52. The Morgan fingerprint density at radius 2 is 1.29 bits per heavy atom. The van der Waals surface area contributed by atoms with E-state index in [2.05, 4.69) is 116 Å². The van der Waals surface area contributed by atoms with Gasteiger partial charge in [0, 0.05) is 8.07 Å². The zero-order valence-electron chi connectivity index (χ0n) is 31.6. The summed E-state index contributed by atoms with van der Waals surface area (Å²) in [6.45, 7) is 25.4. The minimum absolute atomic E-state index is 0.0467. The molecule has 0 radical (unpaired) electrons. The predicted octanol–water partition coefficient (Wildman–Crippen LogP) is 9.80. The van der Waals surface area contributed by atoms with Gasteiger partial charge in [-0.05, 0) is 78.1 Å². The van der Waals surface area contributed by atoms with Crippen LogP contribution in [0.15, 0.2) is 72.8 Å². The Balaban J connectivity index is 1.88. The summed E-state index contributed by atoms with van der Waals surface area (Å²) in [7, 11) is -6.03. The van der Waals surface area contributed by atoms with Crippen molar-refractivity contribution >= 4 is 41.1 Å². The van der Waals surface area contributed by atoms with Gasteiger partial charge in [0.1, 0.15) is 0 Å². The fourth-order valence-corrected chi connectivity index (χ4v) is 17.1. The lowest BCUT2D eigenvalue weighted by Gasteiger charge is -2.45. The summed E-state index contributed by atoms with van der Waals surface area (Å²) in [6.07, 6.45) is 4.97. The Kier molecular flexibility index (Phi) is 15.1. The van der Waals surface area contributed by atoms with Crippen molar-refractivity contribution in [2.24, 2.45) is 0 Å². The average molecular weight is 711 g/mol. The smallest absolute Gasteiger partial charge is 0.305 e. The van der Waals surface area contributed by atoms with E-state index >= 15 is 0 Å². The Hall–Kier alpha value is -1.82. The second kappa shape index (κ2) is 17.9. The number of aliphatic carboxylic acids is 1. The molecule has 0 aromatic heterocycles. The van der Waals surface area contributed by atoms with Crippen molar-refractivity contribution in [1.82, 2.24) is 0 Å². The number of rotatable bonds is 19. The summed E-state index contributed by atoms with van der Waals surface area (Å²) in [6, 6.07) is 25.5. The van der Waals surface area contributed by atoms with Crippen molar-refractivity contribution in [2.45, 2.75) is 160 Å². The maximum absolute atomic E-state index is 12.4. The summed E-state index contributed by atoms with van der Waals surface area (Å²) in [5, 5.41) is 12.2. The number of hydrogen-bond donors (Lipinski definition) is 1. The number of benzene rings is 2. The summed E-state index contributed by atoms with van der Waals surface area (Å²) in [5.74, 6) is -0.834. The van der Waals surface area contributed by atoms with Gasteiger partial charge in [-0.15, -0.1) is 6.58 Å². The van der Waals surface area contributed by atoms with E-state index in [1.165, 1.54) is 5.57 Å². The molecule has 0 spiro atoms. The molecule has 0 amide bonds. The summed E-state index contributed by atoms with van der Waals surface area (Å²) in [5.41, 5.74) is 1.32. The zero-order chi connectivity index (χ0) is 35.6. The maximum atomic E-state index is 12.4. The first-order valence-corrected chi connectivity index (χ1v) is 26.7. The topological polar surface area (TPSA) is 65.0 Å². The summed E-state index contributed by atoms with van der Waals surface area (Å²) < 4.78 is 21.4. The fourth-order valence-electron chi connectivity index (χ4n) is 7.89. The van der Waals surface area contributed by atoms with Crippen molar-refractivity contribution < 1.29 is 23.5 Å². The van der Waals surface area contributed by atoms with Gasteiger partial charge in [-0.25, -0.2) is 0 Å². The van der Waals surface area contributed by atoms with E-state index < -0.39 is 36.8 Å². The zero-order valence-corrected chi connectivity index (χ0v) is 34.6. The first-order chi connectivity index (χ1) is 22.6. The van der Waals surface area contributed by atoms with Crippen LogP contribution in [0.1, 0.15) is 86.5 Å². The highest BCUT2D eigenvalue weighted by Crippen LogP contribution is 2.39. The van der Waals surface area contributed by atoms with E-state index in [-0.39, 0.29) is 29.8 Å². The Labute approximate surface area is 296 Å². The van der Waals surface area contributed by atoms with Crippen molar-refractivity contribution in [1.29, 1.82) is 0 Å². The molecule has 1 N–H and O–H groups in total. The molecule has 1 fully saturated rings. The monoisotopic (exact) mass is 710 g/mol. The van der Waals surface area contributed by atoms with E-state index in [1.54, 1.807) is 0 Å². The van der Waals surface area contributed by atoms with Gasteiger partial charge in [-0.1, -0.05) is 127 Å². The first kappa shape index (κ1) is 40.6. The third kappa shape index (κ3) is 11.4. The SMILES string of the molecule is C=C(C[C@@H](C[C@H]1CCC[C@@H](C[C@H](CC(=O)O)O[Si](c2ccccc2)(c2ccccc2)C(C)(C)C)O1)O[Si](CC)(CC)CC)C[Si](C)(C)C. The maximum Gasteiger partial charge on any atom is 0.305 e. The number of carboxylic acids is 1. The van der Waals surface area contributed by atoms with E-state index in [0.29, 0.717) is 6.42 Å². The molecule has 0 aliphatic carbocycles. The van der Waals surface area contributed by atoms with Gasteiger partial charge in [0.05, 0.1) is 30.8 Å². The van der Waals surface area contributed by atoms with Gasteiger partial charge in [0.15, 0.2) is 8.32 Å². The highest BCUT2D eigenvalue weighted by molar-refractivity contribution is 6.99. The van der Waals surface area contributed by atoms with Crippen LogP contribution >= 0.6 is 0 Å². The minimum atomic E-state index is -2.93. The molecule has 0 unspecified atom stereocenters. The molecule has 2 aromatic rings. The van der Waals surface area contributed by atoms with Crippen LogP contribution in [0.5, 0.6) is 0 Å².